The van der Waals surface area contributed by atoms with Crippen molar-refractivity contribution in [2.45, 2.75) is 20.4 Å². The van der Waals surface area contributed by atoms with Crippen molar-refractivity contribution in [1.82, 2.24) is 0 Å². The van der Waals surface area contributed by atoms with Crippen molar-refractivity contribution in [1.29, 1.82) is 0 Å². The minimum absolute atomic E-state index is 0. The molecule has 0 saturated heterocycles. The van der Waals surface area contributed by atoms with E-state index in [0.717, 1.165) is 24.6 Å². The molecule has 29 heavy (non-hydrogen) atoms. The summed E-state index contributed by atoms with van der Waals surface area (Å²) in [7, 11) is 3.44. The predicted octanol–water partition coefficient (Wildman–Crippen LogP) is 0.336. The van der Waals surface area contributed by atoms with Gasteiger partial charge in [-0.2, -0.15) is 0 Å². The third-order valence-electron chi connectivity index (χ3n) is 5.11. The van der Waals surface area contributed by atoms with Crippen molar-refractivity contribution in [2.24, 2.45) is 0 Å². The van der Waals surface area contributed by atoms with Crippen LogP contribution in [0.15, 0.2) is 53.1 Å². The van der Waals surface area contributed by atoms with Crippen LogP contribution in [-0.4, -0.2) is 35.7 Å². The fourth-order valence-electron chi connectivity index (χ4n) is 3.69. The Bertz CT molecular complexity index is 1070. The van der Waals surface area contributed by atoms with E-state index in [2.05, 4.69) is 71.9 Å². The van der Waals surface area contributed by atoms with Crippen LogP contribution in [0, 0.1) is 0 Å². The van der Waals surface area contributed by atoms with Crippen molar-refractivity contribution in [2.75, 3.05) is 25.7 Å². The number of methoxy groups -OCH3 is 2. The van der Waals surface area contributed by atoms with Crippen LogP contribution >= 0.6 is 0 Å². The second-order valence-electron chi connectivity index (χ2n) is 6.59. The molecule has 0 N–H and O–H groups in total. The maximum absolute atomic E-state index is 5.44. The first-order valence-corrected chi connectivity index (χ1v) is 11.3. The maximum Gasteiger partial charge on any atom is -1.00 e. The Labute approximate surface area is 189 Å². The van der Waals surface area contributed by atoms with Gasteiger partial charge in [-0.15, -0.1) is 0 Å². The van der Waals surface area contributed by atoms with Gasteiger partial charge in [0.2, 0.25) is 0 Å². The van der Waals surface area contributed by atoms with Crippen LogP contribution < -0.4 is 40.4 Å². The van der Waals surface area contributed by atoms with Gasteiger partial charge in [-0.25, -0.2) is 0 Å². The smallest absolute Gasteiger partial charge is 1.00 e. The molecular weight excluding hydrogens is 495 g/mol. The van der Waals surface area contributed by atoms with Crippen molar-refractivity contribution in [3.63, 3.8) is 0 Å². The van der Waals surface area contributed by atoms with E-state index in [0.29, 0.717) is 0 Å². The van der Waals surface area contributed by atoms with E-state index in [1.807, 2.05) is 6.07 Å². The summed E-state index contributed by atoms with van der Waals surface area (Å²) < 4.78 is 16.0. The molecule has 0 atom stereocenters. The van der Waals surface area contributed by atoms with Crippen molar-refractivity contribution < 1.29 is 31.0 Å². The summed E-state index contributed by atoms with van der Waals surface area (Å²) in [6.07, 6.45) is 2.35. The van der Waals surface area contributed by atoms with E-state index in [1.54, 1.807) is 14.2 Å². The number of aromatic nitrogens is 1. The number of hydrogen-bond donors (Lipinski definition) is 0. The number of benzene rings is 2. The predicted molar refractivity (Wildman–Crippen MR) is 116 cm³/mol. The minimum Gasteiger partial charge on any atom is -1.00 e. The third-order valence-corrected chi connectivity index (χ3v) is 7.45. The van der Waals surface area contributed by atoms with Gasteiger partial charge in [0.25, 0.3) is 0 Å². The number of halogens is 1. The summed E-state index contributed by atoms with van der Waals surface area (Å²) >= 11 is 0.290. The van der Waals surface area contributed by atoms with Crippen LogP contribution in [0.4, 0.5) is 5.69 Å². The summed E-state index contributed by atoms with van der Waals surface area (Å²) in [4.78, 5) is 2.41. The fourth-order valence-corrected chi connectivity index (χ4v) is 6.11. The van der Waals surface area contributed by atoms with Crippen molar-refractivity contribution in [3.05, 3.63) is 58.8 Å². The molecule has 0 spiro atoms. The number of fused-ring (bicyclic) bond motifs is 2. The van der Waals surface area contributed by atoms with Gasteiger partial charge >= 0.3 is 173 Å². The number of anilines is 1. The van der Waals surface area contributed by atoms with Gasteiger partial charge in [-0.1, -0.05) is 0 Å². The first-order valence-electron chi connectivity index (χ1n) is 9.54. The van der Waals surface area contributed by atoms with E-state index in [-0.39, 0.29) is 31.9 Å². The van der Waals surface area contributed by atoms with Gasteiger partial charge in [0, 0.05) is 0 Å². The molecule has 3 aromatic rings. The molecule has 0 fully saturated rings. The molecule has 1 aliphatic rings. The average molecular weight is 520 g/mol. The molecule has 1 aromatic heterocycles. The summed E-state index contributed by atoms with van der Waals surface area (Å²) in [5.41, 5.74) is 3.74. The van der Waals surface area contributed by atoms with Gasteiger partial charge in [0.15, 0.2) is 0 Å². The second kappa shape index (κ2) is 9.21. The van der Waals surface area contributed by atoms with E-state index in [4.69, 9.17) is 9.47 Å². The molecule has 4 nitrogen and oxygen atoms in total. The van der Waals surface area contributed by atoms with Crippen LogP contribution in [0.25, 0.3) is 17.0 Å². The molecule has 0 aliphatic carbocycles. The number of aryl methyl sites for hydroxylation is 1. The van der Waals surface area contributed by atoms with Crippen molar-refractivity contribution >= 4 is 42.1 Å². The van der Waals surface area contributed by atoms with E-state index < -0.39 is 0 Å². The van der Waals surface area contributed by atoms with E-state index in [9.17, 15) is 0 Å². The first-order chi connectivity index (χ1) is 13.7. The average Bonchev–Trinajstić information content (AvgIpc) is 3.09. The second-order valence-corrected chi connectivity index (χ2v) is 8.82. The molecule has 0 amide bonds. The third kappa shape index (κ3) is 4.02. The van der Waals surface area contributed by atoms with Crippen LogP contribution in [0.2, 0.25) is 0 Å². The molecule has 0 saturated carbocycles. The number of ether oxygens (including phenoxy) is 2. The minimum atomic E-state index is 0. The van der Waals surface area contributed by atoms with Gasteiger partial charge in [0.1, 0.15) is 0 Å². The molecule has 0 bridgehead atoms. The quantitative estimate of drug-likeness (QED) is 0.359. The van der Waals surface area contributed by atoms with Crippen LogP contribution in [-0.2, 0) is 6.54 Å². The molecule has 1 aliphatic heterocycles. The number of nitrogens with zero attached hydrogens (tertiary/aromatic N) is 2. The molecule has 0 radical (unpaired) electrons. The van der Waals surface area contributed by atoms with Crippen LogP contribution in [0.1, 0.15) is 19.5 Å². The number of rotatable bonds is 5. The van der Waals surface area contributed by atoms with Crippen LogP contribution in [0.3, 0.4) is 0 Å². The van der Waals surface area contributed by atoms with Crippen molar-refractivity contribution in [3.8, 4) is 11.5 Å². The zero-order chi connectivity index (χ0) is 19.7. The summed E-state index contributed by atoms with van der Waals surface area (Å²) in [5, 5.41) is 1.20. The largest absolute Gasteiger partial charge is 1.00 e. The van der Waals surface area contributed by atoms with Gasteiger partial charge < -0.3 is 17.0 Å². The molecule has 152 valence electrons. The normalized spacial score (nSPS) is 14.1. The summed E-state index contributed by atoms with van der Waals surface area (Å²) in [6, 6.07) is 17.1. The maximum atomic E-state index is 5.44. The Kier molecular flexibility index (Phi) is 6.89. The Morgan fingerprint density at radius 1 is 0.966 bits per heavy atom. The monoisotopic (exact) mass is 520 g/mol. The SMILES string of the molecule is CCN1C(=Cc2ccc3cc(OC)ccc3[n+]2CC)[Se]c2ccc(OC)cc21.[Br-]. The van der Waals surface area contributed by atoms with Gasteiger partial charge in [0.05, 0.1) is 0 Å². The molecule has 6 heteroatoms. The van der Waals surface area contributed by atoms with Gasteiger partial charge in [-0.3, -0.25) is 0 Å². The first kappa shape index (κ1) is 21.7. The topological polar surface area (TPSA) is 25.6 Å². The zero-order valence-corrected chi connectivity index (χ0v) is 20.4. The Morgan fingerprint density at radius 3 is 2.38 bits per heavy atom. The zero-order valence-electron chi connectivity index (χ0n) is 17.1. The number of hydrogen-bond acceptors (Lipinski definition) is 3. The van der Waals surface area contributed by atoms with E-state index >= 15 is 0 Å². The molecule has 2 aromatic carbocycles. The standard InChI is InChI=1S/C23H25N2O2Se.BrH/c1-5-24-17(8-7-16-13-18(26-3)9-11-20(16)24)14-23-25(6-2)21-15-19(27-4)10-12-22(21)28-23;/h7-15H,5-6H2,1-4H3;1H/q+1;/p-1. The van der Waals surface area contributed by atoms with Gasteiger partial charge in [-0.05, 0) is 0 Å². The fraction of sp³-hybridized carbons (Fsp3) is 0.261. The summed E-state index contributed by atoms with van der Waals surface area (Å²) in [5.74, 6) is 1.81. The number of pyridine rings is 1. The van der Waals surface area contributed by atoms with Crippen LogP contribution in [0.5, 0.6) is 11.5 Å². The summed E-state index contributed by atoms with van der Waals surface area (Å²) in [6.45, 7) is 6.27. The molecule has 2 heterocycles. The molecule has 4 rings (SSSR count). The Morgan fingerprint density at radius 2 is 1.69 bits per heavy atom. The van der Waals surface area contributed by atoms with E-state index in [1.165, 1.54) is 31.3 Å². The molecule has 0 unspecified atom stereocenters. The molecular formula is C23H25BrN2O2Se. The Balaban J connectivity index is 0.00000240. The Hall–Kier alpha value is -2.01.